The second-order valence-corrected chi connectivity index (χ2v) is 2.59. The summed E-state index contributed by atoms with van der Waals surface area (Å²) in [6, 6.07) is 7.13. The van der Waals surface area contributed by atoms with E-state index >= 15 is 0 Å². The highest BCUT2D eigenvalue weighted by atomic mass is 16.2. The van der Waals surface area contributed by atoms with Crippen LogP contribution in [0, 0.1) is 0 Å². The number of carbonyl (C=O) groups excluding carboxylic acids is 2. The summed E-state index contributed by atoms with van der Waals surface area (Å²) in [6.45, 7) is 0. The predicted octanol–water partition coefficient (Wildman–Crippen LogP) is 1.16. The second-order valence-electron chi connectivity index (χ2n) is 2.59. The van der Waals surface area contributed by atoms with Gasteiger partial charge in [0.1, 0.15) is 0 Å². The van der Waals surface area contributed by atoms with Gasteiger partial charge in [-0.25, -0.2) is 0 Å². The summed E-state index contributed by atoms with van der Waals surface area (Å²) in [5.74, 6) is -0.619. The molecule has 1 aromatic rings. The molecule has 0 radical (unpaired) electrons. The van der Waals surface area contributed by atoms with E-state index in [0.717, 1.165) is 5.56 Å². The second kappa shape index (κ2) is 2.87. The summed E-state index contributed by atoms with van der Waals surface area (Å²) in [6.07, 6.45) is 0.287. The van der Waals surface area contributed by atoms with Gasteiger partial charge in [-0.1, -0.05) is 24.3 Å². The van der Waals surface area contributed by atoms with E-state index < -0.39 is 0 Å². The molecular formula is C9H9NO2. The number of Topliss-reactive ketones (excluding diaryl/α,β-unsaturated/α-hetero) is 2. The van der Waals surface area contributed by atoms with Crippen LogP contribution in [-0.2, 0) is 11.2 Å². The van der Waals surface area contributed by atoms with E-state index in [-0.39, 0.29) is 24.1 Å². The highest BCUT2D eigenvalue weighted by Crippen LogP contribution is 2.18. The van der Waals surface area contributed by atoms with E-state index in [4.69, 9.17) is 0 Å². The molecule has 3 heteroatoms. The average molecular weight is 163 g/mol. The predicted molar refractivity (Wildman–Crippen MR) is 44.5 cm³/mol. The van der Waals surface area contributed by atoms with E-state index in [9.17, 15) is 9.59 Å². The number of carbonyl (C=O) groups is 2. The lowest BCUT2D eigenvalue weighted by Gasteiger charge is -1.90. The standard InChI is InChI=1S/C9H6O2.H3N/c10-8-5-6-3-1-2-4-7(6)9(8)11;/h1-4H,5H2;1H3. The van der Waals surface area contributed by atoms with Gasteiger partial charge in [0.05, 0.1) is 0 Å². The minimum Gasteiger partial charge on any atom is -0.344 e. The Bertz CT molecular complexity index is 344. The van der Waals surface area contributed by atoms with Crippen molar-refractivity contribution in [2.75, 3.05) is 0 Å². The number of hydrogen-bond acceptors (Lipinski definition) is 3. The summed E-state index contributed by atoms with van der Waals surface area (Å²) in [4.78, 5) is 21.9. The van der Waals surface area contributed by atoms with E-state index in [0.29, 0.717) is 5.56 Å². The third-order valence-corrected chi connectivity index (χ3v) is 1.87. The van der Waals surface area contributed by atoms with E-state index in [2.05, 4.69) is 0 Å². The first-order chi connectivity index (χ1) is 5.29. The minimum absolute atomic E-state index is 0. The van der Waals surface area contributed by atoms with Crippen molar-refractivity contribution >= 4 is 11.6 Å². The van der Waals surface area contributed by atoms with Crippen LogP contribution in [0.5, 0.6) is 0 Å². The van der Waals surface area contributed by atoms with Crippen molar-refractivity contribution in [3.05, 3.63) is 35.4 Å². The van der Waals surface area contributed by atoms with E-state index in [1.165, 1.54) is 0 Å². The maximum atomic E-state index is 11.0. The molecule has 0 unspecified atom stereocenters. The Morgan fingerprint density at radius 3 is 2.42 bits per heavy atom. The normalized spacial score (nSPS) is 14.0. The van der Waals surface area contributed by atoms with Crippen molar-refractivity contribution in [3.8, 4) is 0 Å². The summed E-state index contributed by atoms with van der Waals surface area (Å²) in [5.41, 5.74) is 1.44. The van der Waals surface area contributed by atoms with Gasteiger partial charge in [0, 0.05) is 12.0 Å². The highest BCUT2D eigenvalue weighted by Gasteiger charge is 2.26. The first-order valence-corrected chi connectivity index (χ1v) is 3.44. The maximum absolute atomic E-state index is 11.0. The van der Waals surface area contributed by atoms with Gasteiger partial charge in [0.15, 0.2) is 0 Å². The molecule has 1 aromatic carbocycles. The van der Waals surface area contributed by atoms with E-state index in [1.54, 1.807) is 12.1 Å². The molecule has 0 spiro atoms. The lowest BCUT2D eigenvalue weighted by Crippen LogP contribution is -2.05. The van der Waals surface area contributed by atoms with Crippen LogP contribution in [-0.4, -0.2) is 11.6 Å². The third kappa shape index (κ3) is 1.04. The Balaban J connectivity index is 0.000000720. The Kier molecular flexibility index (Phi) is 2.06. The Labute approximate surface area is 70.0 Å². The summed E-state index contributed by atoms with van der Waals surface area (Å²) < 4.78 is 0. The average Bonchev–Trinajstić information content (AvgIpc) is 2.30. The topological polar surface area (TPSA) is 69.1 Å². The molecule has 0 fully saturated rings. The molecule has 3 N–H and O–H groups in total. The molecule has 0 aromatic heterocycles. The molecule has 0 bridgehead atoms. The Morgan fingerprint density at radius 2 is 1.75 bits per heavy atom. The molecule has 3 nitrogen and oxygen atoms in total. The van der Waals surface area contributed by atoms with Gasteiger partial charge in [0.25, 0.3) is 0 Å². The molecule has 0 aliphatic heterocycles. The van der Waals surface area contributed by atoms with Gasteiger partial charge in [-0.3, -0.25) is 9.59 Å². The van der Waals surface area contributed by atoms with Crippen LogP contribution in [0.15, 0.2) is 24.3 Å². The first kappa shape index (κ1) is 8.62. The maximum Gasteiger partial charge on any atom is 0.229 e. The zero-order valence-electron chi connectivity index (χ0n) is 6.54. The molecule has 0 heterocycles. The fourth-order valence-corrected chi connectivity index (χ4v) is 1.30. The van der Waals surface area contributed by atoms with Gasteiger partial charge < -0.3 is 6.15 Å². The molecule has 0 amide bonds. The molecule has 62 valence electrons. The SMILES string of the molecule is N.O=C1Cc2ccccc2C1=O. The lowest BCUT2D eigenvalue weighted by molar-refractivity contribution is -0.114. The van der Waals surface area contributed by atoms with Gasteiger partial charge in [-0.05, 0) is 5.56 Å². The number of fused-ring (bicyclic) bond motifs is 1. The highest BCUT2D eigenvalue weighted by molar-refractivity contribution is 6.47. The molecule has 1 aliphatic carbocycles. The van der Waals surface area contributed by atoms with Crippen molar-refractivity contribution in [1.82, 2.24) is 6.15 Å². The van der Waals surface area contributed by atoms with Crippen LogP contribution in [0.1, 0.15) is 15.9 Å². The zero-order chi connectivity index (χ0) is 7.84. The van der Waals surface area contributed by atoms with Crippen LogP contribution in [0.4, 0.5) is 0 Å². The van der Waals surface area contributed by atoms with Gasteiger partial charge in [-0.15, -0.1) is 0 Å². The molecule has 0 atom stereocenters. The smallest absolute Gasteiger partial charge is 0.229 e. The zero-order valence-corrected chi connectivity index (χ0v) is 6.54. The monoisotopic (exact) mass is 163 g/mol. The lowest BCUT2D eigenvalue weighted by atomic mass is 10.1. The Morgan fingerprint density at radius 1 is 1.08 bits per heavy atom. The number of rotatable bonds is 0. The summed E-state index contributed by atoms with van der Waals surface area (Å²) >= 11 is 0. The van der Waals surface area contributed by atoms with Crippen molar-refractivity contribution in [3.63, 3.8) is 0 Å². The van der Waals surface area contributed by atoms with Gasteiger partial charge in [-0.2, -0.15) is 0 Å². The largest absolute Gasteiger partial charge is 0.344 e. The number of benzene rings is 1. The van der Waals surface area contributed by atoms with Crippen molar-refractivity contribution < 1.29 is 9.59 Å². The fourth-order valence-electron chi connectivity index (χ4n) is 1.30. The third-order valence-electron chi connectivity index (χ3n) is 1.87. The number of ketones is 2. The first-order valence-electron chi connectivity index (χ1n) is 3.44. The van der Waals surface area contributed by atoms with Crippen LogP contribution in [0.2, 0.25) is 0 Å². The molecule has 1 aliphatic rings. The van der Waals surface area contributed by atoms with Gasteiger partial charge >= 0.3 is 0 Å². The van der Waals surface area contributed by atoms with Crippen LogP contribution >= 0.6 is 0 Å². The quantitative estimate of drug-likeness (QED) is 0.583. The van der Waals surface area contributed by atoms with Crippen LogP contribution in [0.3, 0.4) is 0 Å². The van der Waals surface area contributed by atoms with Crippen molar-refractivity contribution in [2.45, 2.75) is 6.42 Å². The Hall–Kier alpha value is -1.48. The molecular weight excluding hydrogens is 154 g/mol. The fraction of sp³-hybridized carbons (Fsp3) is 0.111. The minimum atomic E-state index is -0.333. The molecule has 0 saturated carbocycles. The summed E-state index contributed by atoms with van der Waals surface area (Å²) in [5, 5.41) is 0. The molecule has 0 saturated heterocycles. The molecule has 2 rings (SSSR count). The number of hydrogen-bond donors (Lipinski definition) is 1. The molecule has 12 heavy (non-hydrogen) atoms. The summed E-state index contributed by atoms with van der Waals surface area (Å²) in [7, 11) is 0. The van der Waals surface area contributed by atoms with Crippen molar-refractivity contribution in [2.24, 2.45) is 0 Å². The van der Waals surface area contributed by atoms with Crippen LogP contribution < -0.4 is 6.15 Å². The van der Waals surface area contributed by atoms with E-state index in [1.807, 2.05) is 12.1 Å². The van der Waals surface area contributed by atoms with Crippen molar-refractivity contribution in [1.29, 1.82) is 0 Å². The van der Waals surface area contributed by atoms with Gasteiger partial charge in [0.2, 0.25) is 11.6 Å². The van der Waals surface area contributed by atoms with Crippen LogP contribution in [0.25, 0.3) is 0 Å².